The molecular weight excluding hydrogens is 462 g/mol. The van der Waals surface area contributed by atoms with Crippen LogP contribution in [0, 0.1) is 11.3 Å². The Kier molecular flexibility index (Phi) is 10.00. The molecule has 36 heavy (non-hydrogen) atoms. The number of esters is 1. The molecule has 0 saturated heterocycles. The average Bonchev–Trinajstić information content (AvgIpc) is 2.86. The Hall–Kier alpha value is -3.90. The normalized spacial score (nSPS) is 10.8. The van der Waals surface area contributed by atoms with E-state index >= 15 is 0 Å². The number of methoxy groups -OCH3 is 1. The van der Waals surface area contributed by atoms with Gasteiger partial charge in [0.2, 0.25) is 0 Å². The maximum absolute atomic E-state index is 12.9. The summed E-state index contributed by atoms with van der Waals surface area (Å²) in [5.74, 6) is -0.109. The predicted molar refractivity (Wildman–Crippen MR) is 134 cm³/mol. The molecule has 192 valence electrons. The molecule has 0 fully saturated rings. The highest BCUT2D eigenvalue weighted by atomic mass is 16.6. The van der Waals surface area contributed by atoms with E-state index in [4.69, 9.17) is 9.47 Å². The monoisotopic (exact) mass is 495 g/mol. The molecule has 0 saturated carbocycles. The highest BCUT2D eigenvalue weighted by molar-refractivity contribution is 5.98. The van der Waals surface area contributed by atoms with Crippen molar-refractivity contribution < 1.29 is 28.6 Å². The number of benzene rings is 2. The first-order valence-corrected chi connectivity index (χ1v) is 11.6. The minimum Gasteiger partial charge on any atom is -0.493 e. The molecule has 0 aliphatic rings. The second-order valence-electron chi connectivity index (χ2n) is 8.98. The fourth-order valence-corrected chi connectivity index (χ4v) is 3.48. The topological polar surface area (TPSA) is 127 Å². The smallest absolute Gasteiger partial charge is 0.343 e. The van der Waals surface area contributed by atoms with Crippen LogP contribution >= 0.6 is 0 Å². The zero-order valence-electron chi connectivity index (χ0n) is 21.6. The van der Waals surface area contributed by atoms with Gasteiger partial charge in [-0.2, -0.15) is 5.26 Å². The van der Waals surface area contributed by atoms with Crippen LogP contribution in [0.15, 0.2) is 30.3 Å². The Labute approximate surface area is 211 Å². The van der Waals surface area contributed by atoms with Gasteiger partial charge in [0.1, 0.15) is 11.5 Å². The third-order valence-electron chi connectivity index (χ3n) is 5.38. The molecule has 2 N–H and O–H groups in total. The molecule has 0 atom stereocenters. The minimum absolute atomic E-state index is 0.0258. The number of nitriles is 1. The summed E-state index contributed by atoms with van der Waals surface area (Å²) in [6.07, 6.45) is 0. The van der Waals surface area contributed by atoms with Crippen molar-refractivity contribution in [3.8, 4) is 17.6 Å². The van der Waals surface area contributed by atoms with E-state index in [0.717, 1.165) is 5.56 Å². The minimum atomic E-state index is -0.494. The maximum atomic E-state index is 12.9. The van der Waals surface area contributed by atoms with Crippen LogP contribution in [-0.2, 0) is 21.5 Å². The Bertz CT molecular complexity index is 1160. The molecular formula is C27H33N3O6. The van der Waals surface area contributed by atoms with Gasteiger partial charge in [0.15, 0.2) is 12.4 Å². The second-order valence-corrected chi connectivity index (χ2v) is 8.98. The summed E-state index contributed by atoms with van der Waals surface area (Å²) < 4.78 is 15.8. The number of ketones is 1. The molecule has 0 radical (unpaired) electrons. The number of hydrogen-bond donors (Lipinski definition) is 2. The number of rotatable bonds is 11. The first kappa shape index (κ1) is 28.3. The number of carbonyl (C=O) groups is 3. The van der Waals surface area contributed by atoms with E-state index in [1.54, 1.807) is 31.2 Å². The molecule has 0 spiro atoms. The van der Waals surface area contributed by atoms with Crippen molar-refractivity contribution in [2.75, 3.05) is 33.9 Å². The van der Waals surface area contributed by atoms with Crippen molar-refractivity contribution in [1.82, 2.24) is 10.6 Å². The van der Waals surface area contributed by atoms with Gasteiger partial charge in [-0.15, -0.1) is 0 Å². The maximum Gasteiger partial charge on any atom is 0.343 e. The van der Waals surface area contributed by atoms with E-state index < -0.39 is 5.97 Å². The summed E-state index contributed by atoms with van der Waals surface area (Å²) in [6.45, 7) is 8.16. The highest BCUT2D eigenvalue weighted by Crippen LogP contribution is 2.32. The van der Waals surface area contributed by atoms with Crippen LogP contribution < -0.4 is 20.1 Å². The van der Waals surface area contributed by atoms with E-state index in [9.17, 15) is 19.6 Å². The Balaban J connectivity index is 2.19. The van der Waals surface area contributed by atoms with Crippen molar-refractivity contribution in [2.24, 2.45) is 0 Å². The van der Waals surface area contributed by atoms with Crippen molar-refractivity contribution >= 4 is 17.7 Å². The van der Waals surface area contributed by atoms with Gasteiger partial charge in [-0.1, -0.05) is 20.8 Å². The van der Waals surface area contributed by atoms with Gasteiger partial charge in [0.05, 0.1) is 37.5 Å². The lowest BCUT2D eigenvalue weighted by atomic mass is 9.85. The van der Waals surface area contributed by atoms with Crippen LogP contribution in [-0.4, -0.2) is 51.6 Å². The molecule has 9 heteroatoms. The summed E-state index contributed by atoms with van der Waals surface area (Å²) in [7, 11) is 2.80. The lowest BCUT2D eigenvalue weighted by Gasteiger charge is -2.23. The molecule has 0 aliphatic heterocycles. The average molecular weight is 496 g/mol. The van der Waals surface area contributed by atoms with Gasteiger partial charge in [0, 0.05) is 24.7 Å². The van der Waals surface area contributed by atoms with Crippen LogP contribution in [0.2, 0.25) is 0 Å². The predicted octanol–water partition coefficient (Wildman–Crippen LogP) is 3.14. The quantitative estimate of drug-likeness (QED) is 0.360. The van der Waals surface area contributed by atoms with Gasteiger partial charge >= 0.3 is 5.97 Å². The molecule has 2 aromatic carbocycles. The number of nitrogens with one attached hydrogen (secondary N) is 2. The van der Waals surface area contributed by atoms with Gasteiger partial charge in [0.25, 0.3) is 5.91 Å². The number of Topliss-reactive ketones (excluding diaryl/α,β-unsaturated/α-hetero) is 1. The molecule has 1 amide bonds. The molecule has 0 aliphatic carbocycles. The zero-order chi connectivity index (χ0) is 26.9. The van der Waals surface area contributed by atoms with Crippen LogP contribution in [0.1, 0.15) is 65.1 Å². The largest absolute Gasteiger partial charge is 0.493 e. The third-order valence-corrected chi connectivity index (χ3v) is 5.38. The Morgan fingerprint density at radius 2 is 1.78 bits per heavy atom. The number of nitrogens with zero attached hydrogens (tertiary/aromatic N) is 1. The number of ether oxygens (including phenoxy) is 3. The lowest BCUT2D eigenvalue weighted by molar-refractivity contribution is -0.142. The number of carbonyl (C=O) groups excluding carboxylic acids is 3. The molecule has 9 nitrogen and oxygen atoms in total. The Morgan fingerprint density at radius 3 is 2.36 bits per heavy atom. The summed E-state index contributed by atoms with van der Waals surface area (Å²) in [4.78, 5) is 36.6. The number of amides is 1. The number of hydrogen-bond acceptors (Lipinski definition) is 8. The molecule has 2 aromatic rings. The van der Waals surface area contributed by atoms with E-state index in [1.165, 1.54) is 20.2 Å². The van der Waals surface area contributed by atoms with Crippen molar-refractivity contribution in [3.63, 3.8) is 0 Å². The molecule has 0 aromatic heterocycles. The zero-order valence-corrected chi connectivity index (χ0v) is 21.6. The molecule has 0 bridgehead atoms. The van der Waals surface area contributed by atoms with E-state index in [-0.39, 0.29) is 42.4 Å². The third kappa shape index (κ3) is 7.30. The molecule has 0 heterocycles. The first-order valence-electron chi connectivity index (χ1n) is 11.6. The first-order chi connectivity index (χ1) is 17.0. The lowest BCUT2D eigenvalue weighted by Crippen LogP contribution is -2.24. The molecule has 2 rings (SSSR count). The van der Waals surface area contributed by atoms with Crippen molar-refractivity contribution in [2.45, 2.75) is 39.7 Å². The van der Waals surface area contributed by atoms with Gasteiger partial charge in [-0.05, 0) is 48.2 Å². The fourth-order valence-electron chi connectivity index (χ4n) is 3.48. The van der Waals surface area contributed by atoms with E-state index in [1.807, 2.05) is 20.8 Å². The Morgan fingerprint density at radius 1 is 1.06 bits per heavy atom. The van der Waals surface area contributed by atoms with Gasteiger partial charge in [-0.25, -0.2) is 4.79 Å². The molecule has 0 unspecified atom stereocenters. The summed E-state index contributed by atoms with van der Waals surface area (Å²) in [6, 6.07) is 10.3. The van der Waals surface area contributed by atoms with Crippen LogP contribution in [0.3, 0.4) is 0 Å². The summed E-state index contributed by atoms with van der Waals surface area (Å²) >= 11 is 0. The van der Waals surface area contributed by atoms with Crippen LogP contribution in [0.4, 0.5) is 0 Å². The summed E-state index contributed by atoms with van der Waals surface area (Å²) in [5, 5.41) is 15.2. The van der Waals surface area contributed by atoms with Crippen LogP contribution in [0.25, 0.3) is 0 Å². The standard InChI is InChI=1S/C27H33N3O6/c1-7-35-24-12-19(18(13-28)10-20(24)26(33)29-5)14-30-15-22(31)17-8-9-23(36-16-25(32)34-6)21(11-17)27(2,3)4/h8-12,30H,7,14-16H2,1-6H3,(H,29,33). The van der Waals surface area contributed by atoms with Crippen LogP contribution in [0.5, 0.6) is 11.5 Å². The second kappa shape index (κ2) is 12.7. The highest BCUT2D eigenvalue weighted by Gasteiger charge is 2.22. The SMILES string of the molecule is CCOc1cc(CNCC(=O)c2ccc(OCC(=O)OC)c(C(C)(C)C)c2)c(C#N)cc1C(=O)NC. The van der Waals surface area contributed by atoms with E-state index in [0.29, 0.717) is 34.8 Å². The fraction of sp³-hybridized carbons (Fsp3) is 0.407. The van der Waals surface area contributed by atoms with Crippen molar-refractivity contribution in [1.29, 1.82) is 5.26 Å². The van der Waals surface area contributed by atoms with Gasteiger partial charge in [-0.3, -0.25) is 9.59 Å². The van der Waals surface area contributed by atoms with Crippen molar-refractivity contribution in [3.05, 3.63) is 58.1 Å². The van der Waals surface area contributed by atoms with E-state index in [2.05, 4.69) is 21.4 Å². The summed E-state index contributed by atoms with van der Waals surface area (Å²) in [5.41, 5.74) is 2.15. The van der Waals surface area contributed by atoms with Gasteiger partial charge < -0.3 is 24.8 Å².